The predicted octanol–water partition coefficient (Wildman–Crippen LogP) is 4.49. The van der Waals surface area contributed by atoms with Crippen LogP contribution in [0.1, 0.15) is 36.1 Å². The normalized spacial score (nSPS) is 12.1. The van der Waals surface area contributed by atoms with E-state index in [-0.39, 0.29) is 24.8 Å². The number of benzene rings is 3. The molecule has 0 saturated carbocycles. The highest BCUT2D eigenvalue weighted by atomic mass is 32.2. The second-order valence-electron chi connectivity index (χ2n) is 10.7. The van der Waals surface area contributed by atoms with E-state index >= 15 is 0 Å². The van der Waals surface area contributed by atoms with E-state index in [1.807, 2.05) is 94.4 Å². The van der Waals surface area contributed by atoms with Crippen LogP contribution in [-0.2, 0) is 32.6 Å². The lowest BCUT2D eigenvalue weighted by atomic mass is 10.0. The molecule has 9 heteroatoms. The van der Waals surface area contributed by atoms with Crippen molar-refractivity contribution in [2.45, 2.75) is 46.7 Å². The quantitative estimate of drug-likeness (QED) is 0.322. The molecule has 0 bridgehead atoms. The number of sulfonamides is 1. The summed E-state index contributed by atoms with van der Waals surface area (Å²) in [4.78, 5) is 29.4. The van der Waals surface area contributed by atoms with Gasteiger partial charge in [-0.25, -0.2) is 8.42 Å². The highest BCUT2D eigenvalue weighted by Gasteiger charge is 2.33. The molecule has 1 N–H and O–H groups in total. The lowest BCUT2D eigenvalue weighted by Gasteiger charge is -2.34. The molecule has 41 heavy (non-hydrogen) atoms. The number of carbonyl (C=O) groups is 2. The van der Waals surface area contributed by atoms with Gasteiger partial charge in [-0.1, -0.05) is 74.5 Å². The average molecular weight is 580 g/mol. The van der Waals surface area contributed by atoms with Crippen molar-refractivity contribution in [2.75, 3.05) is 30.8 Å². The van der Waals surface area contributed by atoms with Crippen LogP contribution in [0, 0.1) is 19.8 Å². The fourth-order valence-corrected chi connectivity index (χ4v) is 5.68. The minimum atomic E-state index is -3.84. The van der Waals surface area contributed by atoms with Gasteiger partial charge in [-0.3, -0.25) is 13.9 Å². The molecule has 0 aromatic heterocycles. The summed E-state index contributed by atoms with van der Waals surface area (Å²) in [6.07, 6.45) is 1.36. The van der Waals surface area contributed by atoms with Crippen molar-refractivity contribution >= 4 is 27.5 Å². The first-order chi connectivity index (χ1) is 19.4. The number of hydrogen-bond acceptors (Lipinski definition) is 5. The molecule has 1 atom stereocenters. The Bertz CT molecular complexity index is 1420. The number of rotatable bonds is 13. The third kappa shape index (κ3) is 8.82. The largest absolute Gasteiger partial charge is 0.497 e. The molecule has 3 rings (SSSR count). The zero-order valence-corrected chi connectivity index (χ0v) is 25.6. The maximum Gasteiger partial charge on any atom is 0.244 e. The summed E-state index contributed by atoms with van der Waals surface area (Å²) in [5.41, 5.74) is 3.57. The van der Waals surface area contributed by atoms with Gasteiger partial charge in [0.05, 0.1) is 19.1 Å². The fourth-order valence-electron chi connectivity index (χ4n) is 4.72. The van der Waals surface area contributed by atoms with Crippen molar-refractivity contribution in [1.82, 2.24) is 10.2 Å². The van der Waals surface area contributed by atoms with E-state index in [0.717, 1.165) is 32.8 Å². The van der Waals surface area contributed by atoms with Gasteiger partial charge in [-0.2, -0.15) is 0 Å². The Kier molecular flexibility index (Phi) is 10.9. The molecule has 0 saturated heterocycles. The van der Waals surface area contributed by atoms with Gasteiger partial charge in [0.15, 0.2) is 0 Å². The number of nitrogens with zero attached hydrogens (tertiary/aromatic N) is 2. The van der Waals surface area contributed by atoms with Crippen LogP contribution in [0.2, 0.25) is 0 Å². The van der Waals surface area contributed by atoms with Gasteiger partial charge in [-0.15, -0.1) is 0 Å². The smallest absolute Gasteiger partial charge is 0.244 e. The molecule has 8 nitrogen and oxygen atoms in total. The minimum absolute atomic E-state index is 0.0903. The van der Waals surface area contributed by atoms with Crippen LogP contribution in [0.25, 0.3) is 0 Å². The maximum absolute atomic E-state index is 14.2. The predicted molar refractivity (Wildman–Crippen MR) is 163 cm³/mol. The summed E-state index contributed by atoms with van der Waals surface area (Å²) >= 11 is 0. The molecule has 0 spiro atoms. The number of ether oxygens (including phenoxy) is 1. The molecule has 3 aromatic rings. The number of anilines is 1. The summed E-state index contributed by atoms with van der Waals surface area (Å²) in [6.45, 7) is 7.72. The van der Waals surface area contributed by atoms with Crippen molar-refractivity contribution in [3.63, 3.8) is 0 Å². The zero-order chi connectivity index (χ0) is 30.2. The van der Waals surface area contributed by atoms with Gasteiger partial charge in [0.2, 0.25) is 21.8 Å². The molecule has 0 heterocycles. The summed E-state index contributed by atoms with van der Waals surface area (Å²) < 4.78 is 32.7. The van der Waals surface area contributed by atoms with Crippen LogP contribution < -0.4 is 14.4 Å². The fraction of sp³-hybridized carbons (Fsp3) is 0.375. The van der Waals surface area contributed by atoms with E-state index in [0.29, 0.717) is 18.0 Å². The van der Waals surface area contributed by atoms with Crippen LogP contribution in [0.3, 0.4) is 0 Å². The lowest BCUT2D eigenvalue weighted by molar-refractivity contribution is -0.140. The van der Waals surface area contributed by atoms with E-state index in [2.05, 4.69) is 5.32 Å². The van der Waals surface area contributed by atoms with Crippen molar-refractivity contribution in [3.05, 3.63) is 95.1 Å². The summed E-state index contributed by atoms with van der Waals surface area (Å²) in [7, 11) is -2.27. The van der Waals surface area contributed by atoms with Gasteiger partial charge in [0.1, 0.15) is 18.3 Å². The topological polar surface area (TPSA) is 96.0 Å². The first kappa shape index (κ1) is 31.7. The second-order valence-corrected chi connectivity index (χ2v) is 12.6. The number of nitrogens with one attached hydrogen (secondary N) is 1. The molecular weight excluding hydrogens is 538 g/mol. The summed E-state index contributed by atoms with van der Waals surface area (Å²) in [6, 6.07) is 21.4. The van der Waals surface area contributed by atoms with Gasteiger partial charge in [0, 0.05) is 19.5 Å². The molecule has 2 amide bonds. The van der Waals surface area contributed by atoms with Crippen molar-refractivity contribution < 1.29 is 22.7 Å². The van der Waals surface area contributed by atoms with Gasteiger partial charge >= 0.3 is 0 Å². The van der Waals surface area contributed by atoms with Crippen molar-refractivity contribution in [3.8, 4) is 5.75 Å². The third-order valence-corrected chi connectivity index (χ3v) is 7.92. The van der Waals surface area contributed by atoms with Crippen LogP contribution in [0.4, 0.5) is 5.69 Å². The van der Waals surface area contributed by atoms with Gasteiger partial charge in [-0.05, 0) is 54.2 Å². The van der Waals surface area contributed by atoms with Crippen molar-refractivity contribution in [2.24, 2.45) is 5.92 Å². The van der Waals surface area contributed by atoms with Gasteiger partial charge in [0.25, 0.3) is 0 Å². The monoisotopic (exact) mass is 579 g/mol. The van der Waals surface area contributed by atoms with Crippen molar-refractivity contribution in [1.29, 1.82) is 0 Å². The van der Waals surface area contributed by atoms with E-state index in [4.69, 9.17) is 4.74 Å². The molecule has 1 unspecified atom stereocenters. The van der Waals surface area contributed by atoms with E-state index in [1.165, 1.54) is 4.90 Å². The van der Waals surface area contributed by atoms with Crippen LogP contribution in [-0.4, -0.2) is 57.6 Å². The summed E-state index contributed by atoms with van der Waals surface area (Å²) in [5.74, 6) is 0.0500. The number of carbonyl (C=O) groups excluding carboxylic acids is 2. The maximum atomic E-state index is 14.2. The molecule has 0 radical (unpaired) electrons. The highest BCUT2D eigenvalue weighted by Crippen LogP contribution is 2.27. The molecule has 0 aliphatic carbocycles. The highest BCUT2D eigenvalue weighted by molar-refractivity contribution is 7.92. The second kappa shape index (κ2) is 14.2. The Morgan fingerprint density at radius 3 is 2.10 bits per heavy atom. The van der Waals surface area contributed by atoms with E-state index < -0.39 is 28.5 Å². The first-order valence-corrected chi connectivity index (χ1v) is 15.5. The lowest BCUT2D eigenvalue weighted by Crippen LogP contribution is -2.53. The van der Waals surface area contributed by atoms with E-state index in [1.54, 1.807) is 13.2 Å². The Hall–Kier alpha value is -3.85. The molecular formula is C32H41N3O5S. The SMILES string of the molecule is COc1cccc(CN(C(=O)CN(c2c(C)cccc2C)S(C)(=O)=O)C(Cc2ccccc2)C(=O)NCC(C)C)c1. The number of amides is 2. The first-order valence-electron chi connectivity index (χ1n) is 13.7. The number of aryl methyl sites for hydroxylation is 2. The standard InChI is InChI=1S/C32H41N3O5S/c1-23(2)20-33-32(37)29(19-26-14-8-7-9-15-26)34(21-27-16-11-17-28(18-27)40-5)30(36)22-35(41(6,38)39)31-24(3)12-10-13-25(31)4/h7-18,23,29H,19-22H2,1-6H3,(H,33,37). The minimum Gasteiger partial charge on any atom is -0.497 e. The molecule has 0 aliphatic heterocycles. The average Bonchev–Trinajstić information content (AvgIpc) is 2.93. The summed E-state index contributed by atoms with van der Waals surface area (Å²) in [5, 5.41) is 2.99. The zero-order valence-electron chi connectivity index (χ0n) is 24.8. The van der Waals surface area contributed by atoms with Crippen LogP contribution in [0.5, 0.6) is 5.75 Å². The number of para-hydroxylation sites is 1. The number of methoxy groups -OCH3 is 1. The molecule has 0 fully saturated rings. The van der Waals surface area contributed by atoms with E-state index in [9.17, 15) is 18.0 Å². The van der Waals surface area contributed by atoms with Gasteiger partial charge < -0.3 is 15.0 Å². The van der Waals surface area contributed by atoms with Crippen LogP contribution in [0.15, 0.2) is 72.8 Å². The Balaban J connectivity index is 2.10. The third-order valence-electron chi connectivity index (χ3n) is 6.81. The molecule has 0 aliphatic rings. The number of hydrogen-bond donors (Lipinski definition) is 1. The molecule has 3 aromatic carbocycles. The molecule has 220 valence electrons. The Labute approximate surface area is 244 Å². The Morgan fingerprint density at radius 2 is 1.51 bits per heavy atom. The van der Waals surface area contributed by atoms with Crippen LogP contribution >= 0.6 is 0 Å². The Morgan fingerprint density at radius 1 is 0.902 bits per heavy atom.